The summed E-state index contributed by atoms with van der Waals surface area (Å²) in [5.41, 5.74) is 4.85. The van der Waals surface area contributed by atoms with Gasteiger partial charge in [0.2, 0.25) is 0 Å². The highest BCUT2D eigenvalue weighted by molar-refractivity contribution is 5.96. The first-order valence-corrected chi connectivity index (χ1v) is 5.43. The number of para-hydroxylation sites is 1. The third-order valence-corrected chi connectivity index (χ3v) is 2.20. The second-order valence-electron chi connectivity index (χ2n) is 4.07. The molecule has 0 aliphatic rings. The fourth-order valence-corrected chi connectivity index (χ4v) is 1.36. The van der Waals surface area contributed by atoms with Crippen LogP contribution in [0.15, 0.2) is 24.3 Å². The zero-order valence-electron chi connectivity index (χ0n) is 10.1. The van der Waals surface area contributed by atoms with Crippen LogP contribution in [0.2, 0.25) is 0 Å². The van der Waals surface area contributed by atoms with Crippen LogP contribution in [0.25, 0.3) is 0 Å². The normalized spacial score (nSPS) is 12.0. The highest BCUT2D eigenvalue weighted by Crippen LogP contribution is 2.19. The zero-order valence-corrected chi connectivity index (χ0v) is 10.1. The number of hydrogen-bond acceptors (Lipinski definition) is 3. The molecular weight excluding hydrogens is 239 g/mol. The molecular formula is C12H15FN2O3. The number of carbonyl (C=O) groups excluding carboxylic acids is 2. The maximum atomic E-state index is 13.4. The van der Waals surface area contributed by atoms with Crippen LogP contribution in [0.5, 0.6) is 5.75 Å². The highest BCUT2D eigenvalue weighted by Gasteiger charge is 2.26. The zero-order chi connectivity index (χ0) is 13.7. The van der Waals surface area contributed by atoms with Gasteiger partial charge in [-0.15, -0.1) is 0 Å². The summed E-state index contributed by atoms with van der Waals surface area (Å²) in [6, 6.07) is 4.75. The number of nitrogens with two attached hydrogens (primary N) is 1. The molecule has 0 saturated heterocycles. The van der Waals surface area contributed by atoms with Crippen LogP contribution in [0.4, 0.5) is 9.18 Å². The van der Waals surface area contributed by atoms with E-state index in [1.165, 1.54) is 18.2 Å². The Labute approximate surface area is 104 Å². The van der Waals surface area contributed by atoms with Gasteiger partial charge in [-0.05, 0) is 18.1 Å². The number of benzene rings is 1. The van der Waals surface area contributed by atoms with Gasteiger partial charge in [0, 0.05) is 0 Å². The largest absolute Gasteiger partial charge is 0.477 e. The molecule has 0 bridgehead atoms. The molecule has 0 heterocycles. The van der Waals surface area contributed by atoms with E-state index in [1.807, 2.05) is 5.32 Å². The molecule has 5 nitrogen and oxygen atoms in total. The van der Waals surface area contributed by atoms with Crippen molar-refractivity contribution in [2.24, 2.45) is 11.7 Å². The molecule has 0 fully saturated rings. The molecule has 0 unspecified atom stereocenters. The molecule has 6 heteroatoms. The van der Waals surface area contributed by atoms with E-state index in [4.69, 9.17) is 10.5 Å². The molecule has 1 aromatic rings. The third kappa shape index (κ3) is 3.73. The first-order chi connectivity index (χ1) is 8.41. The monoisotopic (exact) mass is 254 g/mol. The summed E-state index contributed by atoms with van der Waals surface area (Å²) >= 11 is 0. The Balaban J connectivity index is 2.84. The number of hydrogen-bond donors (Lipinski definition) is 2. The van der Waals surface area contributed by atoms with Crippen molar-refractivity contribution in [2.75, 3.05) is 0 Å². The van der Waals surface area contributed by atoms with E-state index in [-0.39, 0.29) is 11.7 Å². The fraction of sp³-hybridized carbons (Fsp3) is 0.333. The molecule has 98 valence electrons. The van der Waals surface area contributed by atoms with Gasteiger partial charge in [0.1, 0.15) is 0 Å². The Kier molecular flexibility index (Phi) is 4.65. The number of rotatable bonds is 4. The van der Waals surface area contributed by atoms with Gasteiger partial charge in [-0.2, -0.15) is 0 Å². The van der Waals surface area contributed by atoms with Crippen LogP contribution in [0.1, 0.15) is 13.8 Å². The summed E-state index contributed by atoms with van der Waals surface area (Å²) in [5.74, 6) is -1.56. The quantitative estimate of drug-likeness (QED) is 0.852. The lowest BCUT2D eigenvalue weighted by Gasteiger charge is -2.21. The Hall–Kier alpha value is -2.11. The van der Waals surface area contributed by atoms with Crippen LogP contribution < -0.4 is 15.8 Å². The topological polar surface area (TPSA) is 81.4 Å². The SMILES string of the molecule is CC(C)[C@H](Oc1ccccc1F)C(=O)NC(N)=O. The summed E-state index contributed by atoms with van der Waals surface area (Å²) < 4.78 is 18.7. The Morgan fingerprint density at radius 3 is 2.44 bits per heavy atom. The van der Waals surface area contributed by atoms with Crippen LogP contribution in [-0.4, -0.2) is 18.0 Å². The van der Waals surface area contributed by atoms with Crippen molar-refractivity contribution in [2.45, 2.75) is 20.0 Å². The number of imide groups is 1. The second kappa shape index (κ2) is 6.00. The first-order valence-electron chi connectivity index (χ1n) is 5.43. The van der Waals surface area contributed by atoms with Crippen molar-refractivity contribution in [1.29, 1.82) is 0 Å². The predicted molar refractivity (Wildman–Crippen MR) is 63.4 cm³/mol. The molecule has 0 saturated carbocycles. The van der Waals surface area contributed by atoms with Gasteiger partial charge >= 0.3 is 6.03 Å². The lowest BCUT2D eigenvalue weighted by atomic mass is 10.1. The first kappa shape index (κ1) is 14.0. The summed E-state index contributed by atoms with van der Waals surface area (Å²) in [5, 5.41) is 1.92. The maximum Gasteiger partial charge on any atom is 0.318 e. The smallest absolute Gasteiger partial charge is 0.318 e. The molecule has 3 N–H and O–H groups in total. The van der Waals surface area contributed by atoms with Crippen molar-refractivity contribution in [3.63, 3.8) is 0 Å². The van der Waals surface area contributed by atoms with E-state index in [1.54, 1.807) is 19.9 Å². The minimum atomic E-state index is -0.991. The van der Waals surface area contributed by atoms with Gasteiger partial charge in [-0.25, -0.2) is 9.18 Å². The molecule has 1 aromatic carbocycles. The van der Waals surface area contributed by atoms with Crippen LogP contribution in [-0.2, 0) is 4.79 Å². The predicted octanol–water partition coefficient (Wildman–Crippen LogP) is 1.42. The van der Waals surface area contributed by atoms with E-state index in [2.05, 4.69) is 0 Å². The Morgan fingerprint density at radius 1 is 1.33 bits per heavy atom. The molecule has 3 amide bonds. The fourth-order valence-electron chi connectivity index (χ4n) is 1.36. The van der Waals surface area contributed by atoms with Gasteiger partial charge in [-0.1, -0.05) is 26.0 Å². The van der Waals surface area contributed by atoms with E-state index in [9.17, 15) is 14.0 Å². The van der Waals surface area contributed by atoms with Crippen LogP contribution in [0.3, 0.4) is 0 Å². The van der Waals surface area contributed by atoms with Crippen LogP contribution >= 0.6 is 0 Å². The summed E-state index contributed by atoms with van der Waals surface area (Å²) in [7, 11) is 0. The van der Waals surface area contributed by atoms with Gasteiger partial charge in [0.25, 0.3) is 5.91 Å². The van der Waals surface area contributed by atoms with Crippen LogP contribution in [0, 0.1) is 11.7 Å². The Bertz CT molecular complexity index is 449. The number of amides is 3. The van der Waals surface area contributed by atoms with Crippen molar-refractivity contribution in [3.05, 3.63) is 30.1 Å². The van der Waals surface area contributed by atoms with Crippen molar-refractivity contribution < 1.29 is 18.7 Å². The van der Waals surface area contributed by atoms with E-state index in [0.717, 1.165) is 0 Å². The van der Waals surface area contributed by atoms with Gasteiger partial charge in [0.15, 0.2) is 17.7 Å². The number of primary amides is 1. The average molecular weight is 254 g/mol. The van der Waals surface area contributed by atoms with Gasteiger partial charge in [-0.3, -0.25) is 10.1 Å². The van der Waals surface area contributed by atoms with Crippen molar-refractivity contribution >= 4 is 11.9 Å². The highest BCUT2D eigenvalue weighted by atomic mass is 19.1. The minimum absolute atomic E-state index is 0.0455. The van der Waals surface area contributed by atoms with Gasteiger partial charge < -0.3 is 10.5 Å². The lowest BCUT2D eigenvalue weighted by Crippen LogP contribution is -2.46. The summed E-state index contributed by atoms with van der Waals surface area (Å²) in [4.78, 5) is 22.3. The summed E-state index contributed by atoms with van der Waals surface area (Å²) in [6.07, 6.45) is -0.991. The molecule has 1 atom stereocenters. The van der Waals surface area contributed by atoms with E-state index in [0.29, 0.717) is 0 Å². The van der Waals surface area contributed by atoms with E-state index < -0.39 is 23.9 Å². The van der Waals surface area contributed by atoms with Crippen molar-refractivity contribution in [1.82, 2.24) is 5.32 Å². The molecule has 0 aliphatic carbocycles. The number of halogens is 1. The lowest BCUT2D eigenvalue weighted by molar-refractivity contribution is -0.128. The number of urea groups is 1. The number of nitrogens with one attached hydrogen (secondary N) is 1. The molecule has 0 aliphatic heterocycles. The third-order valence-electron chi connectivity index (χ3n) is 2.20. The second-order valence-corrected chi connectivity index (χ2v) is 4.07. The van der Waals surface area contributed by atoms with E-state index >= 15 is 0 Å². The minimum Gasteiger partial charge on any atom is -0.477 e. The Morgan fingerprint density at radius 2 is 1.94 bits per heavy atom. The summed E-state index contributed by atoms with van der Waals surface area (Å²) in [6.45, 7) is 3.43. The maximum absolute atomic E-state index is 13.4. The number of ether oxygens (including phenoxy) is 1. The molecule has 1 rings (SSSR count). The molecule has 0 aromatic heterocycles. The standard InChI is InChI=1S/C12H15FN2O3/c1-7(2)10(11(16)15-12(14)17)18-9-6-4-3-5-8(9)13/h3-7,10H,1-2H3,(H3,14,15,16,17)/t10-/m0/s1. The molecule has 0 spiro atoms. The molecule has 18 heavy (non-hydrogen) atoms. The van der Waals surface area contributed by atoms with Crippen molar-refractivity contribution in [3.8, 4) is 5.75 Å². The number of carbonyl (C=O) groups is 2. The average Bonchev–Trinajstić information content (AvgIpc) is 2.26. The van der Waals surface area contributed by atoms with Gasteiger partial charge in [0.05, 0.1) is 0 Å². The molecule has 0 radical (unpaired) electrons.